The van der Waals surface area contributed by atoms with Gasteiger partial charge in [-0.05, 0) is 36.6 Å². The van der Waals surface area contributed by atoms with E-state index in [4.69, 9.17) is 4.74 Å². The van der Waals surface area contributed by atoms with Gasteiger partial charge in [0.2, 0.25) is 0 Å². The third kappa shape index (κ3) is 3.37. The molecule has 0 radical (unpaired) electrons. The van der Waals surface area contributed by atoms with Gasteiger partial charge in [-0.15, -0.1) is 0 Å². The van der Waals surface area contributed by atoms with Crippen LogP contribution in [-0.2, 0) is 6.54 Å². The molecular weight excluding hydrogens is 300 g/mol. The number of hydrogen-bond acceptors (Lipinski definition) is 3. The standard InChI is InChI=1S/C20H24N2O2/c1-21(20(23)17-10-4-6-12-19(17)24-2)15-16-9-3-5-11-18(16)22-13-7-8-14-22/h3-6,9-12H,7-8,13-15H2,1-2H3. The average molecular weight is 324 g/mol. The highest BCUT2D eigenvalue weighted by Gasteiger charge is 2.20. The van der Waals surface area contributed by atoms with E-state index >= 15 is 0 Å². The van der Waals surface area contributed by atoms with Gasteiger partial charge in [0.05, 0.1) is 12.7 Å². The fraction of sp³-hybridized carbons (Fsp3) is 0.350. The number of methoxy groups -OCH3 is 1. The molecule has 4 nitrogen and oxygen atoms in total. The SMILES string of the molecule is COc1ccccc1C(=O)N(C)Cc1ccccc1N1CCCC1. The highest BCUT2D eigenvalue weighted by atomic mass is 16.5. The lowest BCUT2D eigenvalue weighted by Crippen LogP contribution is -2.28. The van der Waals surface area contributed by atoms with Crippen LogP contribution < -0.4 is 9.64 Å². The van der Waals surface area contributed by atoms with Crippen molar-refractivity contribution < 1.29 is 9.53 Å². The largest absolute Gasteiger partial charge is 0.496 e. The minimum absolute atomic E-state index is 0.0244. The number of anilines is 1. The Morgan fingerprint density at radius 1 is 1.08 bits per heavy atom. The Labute approximate surface area is 143 Å². The van der Waals surface area contributed by atoms with E-state index in [1.165, 1.54) is 24.1 Å². The van der Waals surface area contributed by atoms with Crippen LogP contribution in [0.2, 0.25) is 0 Å². The minimum Gasteiger partial charge on any atom is -0.496 e. The van der Waals surface area contributed by atoms with E-state index in [1.807, 2.05) is 37.4 Å². The van der Waals surface area contributed by atoms with Crippen molar-refractivity contribution in [2.75, 3.05) is 32.1 Å². The van der Waals surface area contributed by atoms with Crippen LogP contribution in [0.3, 0.4) is 0 Å². The first-order chi connectivity index (χ1) is 11.7. The molecule has 2 aromatic carbocycles. The molecule has 1 heterocycles. The predicted molar refractivity (Wildman–Crippen MR) is 96.7 cm³/mol. The molecule has 0 atom stereocenters. The van der Waals surface area contributed by atoms with E-state index in [0.717, 1.165) is 13.1 Å². The zero-order chi connectivity index (χ0) is 16.9. The first-order valence-corrected chi connectivity index (χ1v) is 8.42. The second-order valence-electron chi connectivity index (χ2n) is 6.18. The third-order valence-corrected chi connectivity index (χ3v) is 4.53. The number of carbonyl (C=O) groups excluding carboxylic acids is 1. The molecule has 0 aromatic heterocycles. The molecule has 1 amide bonds. The first-order valence-electron chi connectivity index (χ1n) is 8.42. The van der Waals surface area contributed by atoms with E-state index in [1.54, 1.807) is 12.0 Å². The van der Waals surface area contributed by atoms with Crippen molar-refractivity contribution in [1.82, 2.24) is 4.90 Å². The molecule has 126 valence electrons. The van der Waals surface area contributed by atoms with Crippen LogP contribution in [0.4, 0.5) is 5.69 Å². The minimum atomic E-state index is -0.0244. The lowest BCUT2D eigenvalue weighted by molar-refractivity contribution is 0.0782. The van der Waals surface area contributed by atoms with E-state index in [0.29, 0.717) is 17.9 Å². The van der Waals surface area contributed by atoms with Gasteiger partial charge in [-0.3, -0.25) is 4.79 Å². The summed E-state index contributed by atoms with van der Waals surface area (Å²) in [4.78, 5) is 17.0. The van der Waals surface area contributed by atoms with Gasteiger partial charge in [-0.1, -0.05) is 30.3 Å². The zero-order valence-corrected chi connectivity index (χ0v) is 14.4. The summed E-state index contributed by atoms with van der Waals surface area (Å²) in [6, 6.07) is 15.7. The molecule has 1 aliphatic heterocycles. The quantitative estimate of drug-likeness (QED) is 0.843. The maximum absolute atomic E-state index is 12.8. The highest BCUT2D eigenvalue weighted by Crippen LogP contribution is 2.26. The summed E-state index contributed by atoms with van der Waals surface area (Å²) in [6.07, 6.45) is 2.48. The Kier molecular flexibility index (Phi) is 5.04. The van der Waals surface area contributed by atoms with Crippen LogP contribution in [-0.4, -0.2) is 38.1 Å². The van der Waals surface area contributed by atoms with Crippen LogP contribution in [0.1, 0.15) is 28.8 Å². The normalized spacial score (nSPS) is 13.8. The zero-order valence-electron chi connectivity index (χ0n) is 14.4. The van der Waals surface area contributed by atoms with Crippen LogP contribution in [0.15, 0.2) is 48.5 Å². The summed E-state index contributed by atoms with van der Waals surface area (Å²) in [6.45, 7) is 2.78. The molecule has 1 saturated heterocycles. The van der Waals surface area contributed by atoms with Gasteiger partial charge in [-0.2, -0.15) is 0 Å². The van der Waals surface area contributed by atoms with Gasteiger partial charge in [0.1, 0.15) is 5.75 Å². The van der Waals surface area contributed by atoms with Crippen molar-refractivity contribution >= 4 is 11.6 Å². The molecule has 1 fully saturated rings. The van der Waals surface area contributed by atoms with E-state index in [-0.39, 0.29) is 5.91 Å². The van der Waals surface area contributed by atoms with Gasteiger partial charge < -0.3 is 14.5 Å². The van der Waals surface area contributed by atoms with Crippen LogP contribution in [0.5, 0.6) is 5.75 Å². The Balaban J connectivity index is 1.80. The van der Waals surface area contributed by atoms with Crippen LogP contribution >= 0.6 is 0 Å². The number of nitrogens with zero attached hydrogens (tertiary/aromatic N) is 2. The topological polar surface area (TPSA) is 32.8 Å². The van der Waals surface area contributed by atoms with Gasteiger partial charge in [-0.25, -0.2) is 0 Å². The number of hydrogen-bond donors (Lipinski definition) is 0. The molecule has 4 heteroatoms. The maximum Gasteiger partial charge on any atom is 0.257 e. The van der Waals surface area contributed by atoms with Crippen molar-refractivity contribution in [2.24, 2.45) is 0 Å². The van der Waals surface area contributed by atoms with Crippen molar-refractivity contribution in [1.29, 1.82) is 0 Å². The third-order valence-electron chi connectivity index (χ3n) is 4.53. The van der Waals surface area contributed by atoms with E-state index < -0.39 is 0 Å². The smallest absolute Gasteiger partial charge is 0.257 e. The number of amides is 1. The molecule has 3 rings (SSSR count). The summed E-state index contributed by atoms with van der Waals surface area (Å²) < 4.78 is 5.32. The Morgan fingerprint density at radius 2 is 1.75 bits per heavy atom. The Morgan fingerprint density at radius 3 is 2.50 bits per heavy atom. The van der Waals surface area contributed by atoms with Crippen LogP contribution in [0.25, 0.3) is 0 Å². The lowest BCUT2D eigenvalue weighted by atomic mass is 10.1. The molecule has 2 aromatic rings. The van der Waals surface area contributed by atoms with E-state index in [9.17, 15) is 4.79 Å². The molecule has 24 heavy (non-hydrogen) atoms. The number of rotatable bonds is 5. The van der Waals surface area contributed by atoms with Crippen molar-refractivity contribution in [3.05, 3.63) is 59.7 Å². The van der Waals surface area contributed by atoms with Gasteiger partial charge in [0, 0.05) is 32.4 Å². The summed E-state index contributed by atoms with van der Waals surface area (Å²) >= 11 is 0. The van der Waals surface area contributed by atoms with Gasteiger partial charge in [0.25, 0.3) is 5.91 Å². The summed E-state index contributed by atoms with van der Waals surface area (Å²) in [5, 5.41) is 0. The van der Waals surface area contributed by atoms with Crippen LogP contribution in [0, 0.1) is 0 Å². The Bertz CT molecular complexity index is 708. The molecule has 1 aliphatic rings. The number of carbonyl (C=O) groups is 1. The summed E-state index contributed by atoms with van der Waals surface area (Å²) in [5.74, 6) is 0.589. The first kappa shape index (κ1) is 16.4. The maximum atomic E-state index is 12.8. The molecule has 0 bridgehead atoms. The van der Waals surface area contributed by atoms with Crippen molar-refractivity contribution in [2.45, 2.75) is 19.4 Å². The molecule has 0 aliphatic carbocycles. The molecule has 0 saturated carbocycles. The van der Waals surface area contributed by atoms with Crippen molar-refractivity contribution in [3.63, 3.8) is 0 Å². The predicted octanol–water partition coefficient (Wildman–Crippen LogP) is 3.57. The highest BCUT2D eigenvalue weighted by molar-refractivity contribution is 5.96. The fourth-order valence-electron chi connectivity index (χ4n) is 3.27. The molecular formula is C20H24N2O2. The van der Waals surface area contributed by atoms with E-state index in [2.05, 4.69) is 23.1 Å². The van der Waals surface area contributed by atoms with Gasteiger partial charge >= 0.3 is 0 Å². The molecule has 0 spiro atoms. The Hall–Kier alpha value is -2.49. The second kappa shape index (κ2) is 7.39. The number of ether oxygens (including phenoxy) is 1. The molecule has 0 N–H and O–H groups in total. The fourth-order valence-corrected chi connectivity index (χ4v) is 3.27. The number of para-hydroxylation sites is 2. The second-order valence-corrected chi connectivity index (χ2v) is 6.18. The summed E-state index contributed by atoms with van der Waals surface area (Å²) in [7, 11) is 3.43. The monoisotopic (exact) mass is 324 g/mol. The lowest BCUT2D eigenvalue weighted by Gasteiger charge is -2.25. The van der Waals surface area contributed by atoms with Crippen molar-refractivity contribution in [3.8, 4) is 5.75 Å². The molecule has 0 unspecified atom stereocenters. The van der Waals surface area contributed by atoms with Gasteiger partial charge in [0.15, 0.2) is 0 Å². The number of benzene rings is 2. The average Bonchev–Trinajstić information content (AvgIpc) is 3.16. The summed E-state index contributed by atoms with van der Waals surface area (Å²) in [5.41, 5.74) is 3.03.